The quantitative estimate of drug-likeness (QED) is 0.550. The molecule has 1 fully saturated rings. The molecular weight excluding hydrogens is 344 g/mol. The Bertz CT molecular complexity index is 843. The zero-order valence-electron chi connectivity index (χ0n) is 14.5. The maximum absolute atomic E-state index is 11.7. The number of fused-ring (bicyclic) bond motifs is 1. The summed E-state index contributed by atoms with van der Waals surface area (Å²) in [5.41, 5.74) is 1.33. The molecule has 0 amide bonds. The van der Waals surface area contributed by atoms with Crippen LogP contribution in [0.15, 0.2) is 27.4 Å². The van der Waals surface area contributed by atoms with Gasteiger partial charge in [-0.2, -0.15) is 0 Å². The molecule has 8 nitrogen and oxygen atoms in total. The van der Waals surface area contributed by atoms with Gasteiger partial charge in [0.05, 0.1) is 12.0 Å². The zero-order chi connectivity index (χ0) is 19.0. The summed E-state index contributed by atoms with van der Waals surface area (Å²) in [6.45, 7) is 3.12. The van der Waals surface area contributed by atoms with E-state index in [0.717, 1.165) is 5.56 Å². The summed E-state index contributed by atoms with van der Waals surface area (Å²) in [6, 6.07) is 4.77. The van der Waals surface area contributed by atoms with Crippen LogP contribution >= 0.6 is 0 Å². The van der Waals surface area contributed by atoms with Gasteiger partial charge >= 0.3 is 5.63 Å². The highest BCUT2D eigenvalue weighted by Crippen LogP contribution is 2.33. The molecule has 0 unspecified atom stereocenters. The van der Waals surface area contributed by atoms with Gasteiger partial charge in [0.1, 0.15) is 35.7 Å². The summed E-state index contributed by atoms with van der Waals surface area (Å²) in [5, 5.41) is 39.8. The van der Waals surface area contributed by atoms with E-state index in [1.807, 2.05) is 6.92 Å². The van der Waals surface area contributed by atoms with Crippen LogP contribution in [0.1, 0.15) is 18.1 Å². The van der Waals surface area contributed by atoms with Crippen LogP contribution in [-0.4, -0.2) is 57.7 Å². The molecular formula is C18H22O8. The smallest absolute Gasteiger partial charge is 0.336 e. The minimum absolute atomic E-state index is 0.310. The van der Waals surface area contributed by atoms with Crippen molar-refractivity contribution in [1.29, 1.82) is 0 Å². The normalized spacial score (nSPS) is 29.1. The topological polar surface area (TPSA) is 130 Å². The molecule has 26 heavy (non-hydrogen) atoms. The second-order valence-electron chi connectivity index (χ2n) is 6.40. The minimum atomic E-state index is -1.54. The Morgan fingerprint density at radius 3 is 2.50 bits per heavy atom. The largest absolute Gasteiger partial charge is 0.461 e. The number of hydrogen-bond acceptors (Lipinski definition) is 8. The molecule has 2 aromatic rings. The fourth-order valence-corrected chi connectivity index (χ4v) is 3.13. The monoisotopic (exact) mass is 366 g/mol. The van der Waals surface area contributed by atoms with Crippen LogP contribution < -0.4 is 10.4 Å². The van der Waals surface area contributed by atoms with Crippen molar-refractivity contribution in [3.05, 3.63) is 39.7 Å². The number of aliphatic hydroxyl groups is 4. The Balaban J connectivity index is 2.04. The van der Waals surface area contributed by atoms with Crippen molar-refractivity contribution < 1.29 is 34.3 Å². The second kappa shape index (κ2) is 7.34. The van der Waals surface area contributed by atoms with Crippen molar-refractivity contribution in [2.75, 3.05) is 6.61 Å². The third-order valence-corrected chi connectivity index (χ3v) is 4.51. The van der Waals surface area contributed by atoms with Gasteiger partial charge in [0.25, 0.3) is 0 Å². The molecule has 1 aliphatic heterocycles. The first-order valence-electron chi connectivity index (χ1n) is 8.40. The van der Waals surface area contributed by atoms with Gasteiger partial charge in [0.15, 0.2) is 0 Å². The first-order chi connectivity index (χ1) is 12.3. The van der Waals surface area contributed by atoms with Crippen LogP contribution in [0.5, 0.6) is 5.75 Å². The van der Waals surface area contributed by atoms with Crippen molar-refractivity contribution in [2.45, 2.75) is 51.0 Å². The summed E-state index contributed by atoms with van der Waals surface area (Å²) in [5.74, 6) is 0.310. The standard InChI is InChI=1S/C18H22O8/c1-3-9-6-13(20)24-10-4-8(2)5-11(14(9)10)25-18-17(23)16(22)15(21)12(7-19)26-18/h4-6,12,15-19,21-23H,3,7H2,1-2H3/t12-,15-,16+,17-,18+/m1/s1. The molecule has 1 aromatic carbocycles. The van der Waals surface area contributed by atoms with Gasteiger partial charge in [-0.1, -0.05) is 6.92 Å². The van der Waals surface area contributed by atoms with Gasteiger partial charge in [-0.25, -0.2) is 4.79 Å². The van der Waals surface area contributed by atoms with Crippen LogP contribution in [0.25, 0.3) is 11.0 Å². The molecule has 0 radical (unpaired) electrons. The Morgan fingerprint density at radius 2 is 1.85 bits per heavy atom. The van der Waals surface area contributed by atoms with Gasteiger partial charge in [-0.3, -0.25) is 0 Å². The number of benzene rings is 1. The van der Waals surface area contributed by atoms with E-state index in [-0.39, 0.29) is 0 Å². The van der Waals surface area contributed by atoms with E-state index < -0.39 is 42.9 Å². The van der Waals surface area contributed by atoms with Crippen LogP contribution in [0, 0.1) is 6.92 Å². The molecule has 3 rings (SSSR count). The lowest BCUT2D eigenvalue weighted by Gasteiger charge is -2.39. The lowest BCUT2D eigenvalue weighted by atomic mass is 9.99. The van der Waals surface area contributed by atoms with Gasteiger partial charge in [0, 0.05) is 6.07 Å². The summed E-state index contributed by atoms with van der Waals surface area (Å²) < 4.78 is 16.4. The van der Waals surface area contributed by atoms with Gasteiger partial charge < -0.3 is 34.3 Å². The van der Waals surface area contributed by atoms with Gasteiger partial charge in [-0.15, -0.1) is 0 Å². The highest BCUT2D eigenvalue weighted by atomic mass is 16.7. The third-order valence-electron chi connectivity index (χ3n) is 4.51. The fourth-order valence-electron chi connectivity index (χ4n) is 3.13. The molecule has 1 aliphatic rings. The van der Waals surface area contributed by atoms with E-state index in [1.165, 1.54) is 6.07 Å². The number of rotatable bonds is 4. The molecule has 1 aromatic heterocycles. The zero-order valence-corrected chi connectivity index (χ0v) is 14.5. The average molecular weight is 366 g/mol. The van der Waals surface area contributed by atoms with E-state index in [2.05, 4.69) is 0 Å². The lowest BCUT2D eigenvalue weighted by molar-refractivity contribution is -0.277. The molecule has 0 bridgehead atoms. The number of aliphatic hydroxyl groups excluding tert-OH is 4. The first-order valence-corrected chi connectivity index (χ1v) is 8.40. The molecule has 1 saturated heterocycles. The molecule has 142 valence electrons. The van der Waals surface area contributed by atoms with Crippen LogP contribution in [0.2, 0.25) is 0 Å². The molecule has 8 heteroatoms. The third kappa shape index (κ3) is 3.34. The maximum Gasteiger partial charge on any atom is 0.336 e. The Hall–Kier alpha value is -1.97. The van der Waals surface area contributed by atoms with E-state index >= 15 is 0 Å². The lowest BCUT2D eigenvalue weighted by Crippen LogP contribution is -2.60. The van der Waals surface area contributed by atoms with E-state index in [4.69, 9.17) is 13.9 Å². The van der Waals surface area contributed by atoms with Crippen LogP contribution in [0.4, 0.5) is 0 Å². The van der Waals surface area contributed by atoms with Crippen LogP contribution in [0.3, 0.4) is 0 Å². The summed E-state index contributed by atoms with van der Waals surface area (Å²) >= 11 is 0. The maximum atomic E-state index is 11.7. The second-order valence-corrected chi connectivity index (χ2v) is 6.40. The Kier molecular flexibility index (Phi) is 5.31. The van der Waals surface area contributed by atoms with Gasteiger partial charge in [-0.05, 0) is 36.6 Å². The van der Waals surface area contributed by atoms with Crippen molar-refractivity contribution >= 4 is 11.0 Å². The van der Waals surface area contributed by atoms with Crippen LogP contribution in [-0.2, 0) is 11.2 Å². The van der Waals surface area contributed by atoms with Gasteiger partial charge in [0.2, 0.25) is 6.29 Å². The predicted molar refractivity (Wildman–Crippen MR) is 91.0 cm³/mol. The molecule has 4 N–H and O–H groups in total. The van der Waals surface area contributed by atoms with E-state index in [1.54, 1.807) is 19.1 Å². The highest BCUT2D eigenvalue weighted by Gasteiger charge is 2.44. The molecule has 5 atom stereocenters. The Morgan fingerprint density at radius 1 is 1.12 bits per heavy atom. The van der Waals surface area contributed by atoms with Crippen molar-refractivity contribution in [1.82, 2.24) is 0 Å². The fraction of sp³-hybridized carbons (Fsp3) is 0.500. The molecule has 0 aliphatic carbocycles. The summed E-state index contributed by atoms with van der Waals surface area (Å²) in [6.07, 6.45) is -6.36. The van der Waals surface area contributed by atoms with Crippen molar-refractivity contribution in [3.63, 3.8) is 0 Å². The predicted octanol–water partition coefficient (Wildman–Crippen LogP) is -0.157. The Labute approximate surface area is 149 Å². The summed E-state index contributed by atoms with van der Waals surface area (Å²) in [7, 11) is 0. The number of ether oxygens (including phenoxy) is 2. The highest BCUT2D eigenvalue weighted by molar-refractivity contribution is 5.87. The number of aryl methyl sites for hydroxylation is 2. The minimum Gasteiger partial charge on any atom is -0.461 e. The van der Waals surface area contributed by atoms with Crippen molar-refractivity contribution in [3.8, 4) is 5.75 Å². The van der Waals surface area contributed by atoms with E-state index in [0.29, 0.717) is 28.7 Å². The number of hydrogen-bond donors (Lipinski definition) is 4. The SMILES string of the molecule is CCc1cc(=O)oc2cc(C)cc(O[C@H]3O[C@H](CO)[C@@H](O)[C@H](O)[C@H]3O)c12. The van der Waals surface area contributed by atoms with E-state index in [9.17, 15) is 25.2 Å². The molecule has 2 heterocycles. The molecule has 0 spiro atoms. The summed E-state index contributed by atoms with van der Waals surface area (Å²) in [4.78, 5) is 11.7. The first kappa shape index (κ1) is 18.8. The average Bonchev–Trinajstić information content (AvgIpc) is 2.60. The molecule has 0 saturated carbocycles. The van der Waals surface area contributed by atoms with Crippen molar-refractivity contribution in [2.24, 2.45) is 0 Å².